The van der Waals surface area contributed by atoms with E-state index in [4.69, 9.17) is 0 Å². The number of anilines is 1. The van der Waals surface area contributed by atoms with Crippen molar-refractivity contribution in [3.63, 3.8) is 0 Å². The van der Waals surface area contributed by atoms with Gasteiger partial charge in [0.15, 0.2) is 0 Å². The van der Waals surface area contributed by atoms with Gasteiger partial charge in [0, 0.05) is 12.4 Å². The number of nitrogens with one attached hydrogen (secondary N) is 1. The summed E-state index contributed by atoms with van der Waals surface area (Å²) in [5, 5.41) is 3.54. The standard InChI is InChI=1S/C12H21B2N3/c1-11(2)17-13(3)15-10-16(14(17)4)12-8-6-5-7-9-12/h5-9,11,15H,10H2,1-4H3. The van der Waals surface area contributed by atoms with E-state index in [-0.39, 0.29) is 0 Å². The number of para-hydroxylation sites is 1. The van der Waals surface area contributed by atoms with Gasteiger partial charge in [-0.15, -0.1) is 0 Å². The summed E-state index contributed by atoms with van der Waals surface area (Å²) in [5.41, 5.74) is 1.28. The van der Waals surface area contributed by atoms with Gasteiger partial charge >= 0.3 is 6.98 Å². The molecule has 1 fully saturated rings. The molecule has 0 radical (unpaired) electrons. The fraction of sp³-hybridized carbons (Fsp3) is 0.500. The van der Waals surface area contributed by atoms with E-state index in [9.17, 15) is 0 Å². The van der Waals surface area contributed by atoms with Crippen molar-refractivity contribution in [2.24, 2.45) is 0 Å². The molecule has 1 aromatic rings. The van der Waals surface area contributed by atoms with Gasteiger partial charge in [0.1, 0.15) is 0 Å². The molecule has 17 heavy (non-hydrogen) atoms. The van der Waals surface area contributed by atoms with Crippen molar-refractivity contribution in [3.05, 3.63) is 30.3 Å². The van der Waals surface area contributed by atoms with Crippen molar-refractivity contribution in [3.8, 4) is 0 Å². The summed E-state index contributed by atoms with van der Waals surface area (Å²) < 4.78 is 2.50. The van der Waals surface area contributed by atoms with E-state index < -0.39 is 0 Å². The van der Waals surface area contributed by atoms with Crippen LogP contribution in [0.4, 0.5) is 5.69 Å². The fourth-order valence-corrected chi connectivity index (χ4v) is 2.76. The van der Waals surface area contributed by atoms with Crippen LogP contribution >= 0.6 is 0 Å². The van der Waals surface area contributed by atoms with Crippen LogP contribution in [0.5, 0.6) is 0 Å². The van der Waals surface area contributed by atoms with Crippen LogP contribution in [0.2, 0.25) is 13.6 Å². The molecule has 1 heterocycles. The van der Waals surface area contributed by atoms with Crippen molar-refractivity contribution in [1.82, 2.24) is 9.95 Å². The molecule has 90 valence electrons. The molecule has 1 saturated heterocycles. The Morgan fingerprint density at radius 1 is 1.18 bits per heavy atom. The summed E-state index contributed by atoms with van der Waals surface area (Å²) in [6.07, 6.45) is 0. The number of nitrogens with zero attached hydrogens (tertiary/aromatic N) is 2. The normalized spacial score (nSPS) is 18.1. The molecule has 0 aromatic heterocycles. The Morgan fingerprint density at radius 3 is 2.41 bits per heavy atom. The molecule has 0 unspecified atom stereocenters. The minimum atomic E-state index is 0.425. The van der Waals surface area contributed by atoms with Crippen LogP contribution < -0.4 is 10.0 Å². The van der Waals surface area contributed by atoms with Crippen LogP contribution in [0, 0.1) is 0 Å². The van der Waals surface area contributed by atoms with Gasteiger partial charge in [-0.1, -0.05) is 45.7 Å². The minimum absolute atomic E-state index is 0.425. The molecule has 2 rings (SSSR count). The lowest BCUT2D eigenvalue weighted by Gasteiger charge is -2.46. The Morgan fingerprint density at radius 2 is 1.82 bits per heavy atom. The molecule has 0 saturated carbocycles. The molecule has 1 aliphatic heterocycles. The first-order valence-corrected chi connectivity index (χ1v) is 6.43. The Bertz CT molecular complexity index is 358. The van der Waals surface area contributed by atoms with Crippen molar-refractivity contribution >= 4 is 19.7 Å². The number of hydrogen-bond acceptors (Lipinski definition) is 3. The molecule has 3 nitrogen and oxygen atoms in total. The SMILES string of the molecule is CB1NCN(c2ccccc2)B(C)N1C(C)C. The molecule has 5 heteroatoms. The second kappa shape index (κ2) is 5.15. The van der Waals surface area contributed by atoms with Crippen LogP contribution in [-0.2, 0) is 0 Å². The molecule has 0 amide bonds. The summed E-state index contributed by atoms with van der Waals surface area (Å²) in [6, 6.07) is 11.1. The van der Waals surface area contributed by atoms with Crippen LogP contribution in [0.15, 0.2) is 30.3 Å². The zero-order chi connectivity index (χ0) is 12.4. The van der Waals surface area contributed by atoms with Gasteiger partial charge in [0.05, 0.1) is 0 Å². The van der Waals surface area contributed by atoms with Gasteiger partial charge in [0.25, 0.3) is 6.98 Å². The van der Waals surface area contributed by atoms with Crippen LogP contribution in [0.3, 0.4) is 0 Å². The Balaban J connectivity index is 2.20. The predicted molar refractivity (Wildman–Crippen MR) is 77.1 cm³/mol. The number of rotatable bonds is 2. The van der Waals surface area contributed by atoms with Gasteiger partial charge in [-0.25, -0.2) is 0 Å². The van der Waals surface area contributed by atoms with Crippen LogP contribution in [0.1, 0.15) is 13.8 Å². The van der Waals surface area contributed by atoms with Crippen molar-refractivity contribution in [2.45, 2.75) is 33.5 Å². The molecular weight excluding hydrogens is 208 g/mol. The molecule has 1 aromatic carbocycles. The smallest absolute Gasteiger partial charge is 0.330 e. The third-order valence-electron chi connectivity index (χ3n) is 3.57. The summed E-state index contributed by atoms with van der Waals surface area (Å²) in [5.74, 6) is 0. The molecule has 0 atom stereocenters. The third kappa shape index (κ3) is 2.50. The zero-order valence-corrected chi connectivity index (χ0v) is 11.2. The summed E-state index contributed by atoms with van der Waals surface area (Å²) in [4.78, 5) is 2.40. The summed E-state index contributed by atoms with van der Waals surface area (Å²) in [6.45, 7) is 10.8. The average molecular weight is 229 g/mol. The first-order chi connectivity index (χ1) is 8.11. The highest BCUT2D eigenvalue weighted by Crippen LogP contribution is 2.20. The quantitative estimate of drug-likeness (QED) is 0.782. The third-order valence-corrected chi connectivity index (χ3v) is 3.57. The number of hydrogen-bond donors (Lipinski definition) is 1. The van der Waals surface area contributed by atoms with Gasteiger partial charge in [0.2, 0.25) is 0 Å². The van der Waals surface area contributed by atoms with Crippen molar-refractivity contribution in [2.75, 3.05) is 11.5 Å². The predicted octanol–water partition coefficient (Wildman–Crippen LogP) is 2.00. The first-order valence-electron chi connectivity index (χ1n) is 6.43. The molecule has 1 N–H and O–H groups in total. The molecule has 0 bridgehead atoms. The minimum Gasteiger partial charge on any atom is -0.390 e. The maximum absolute atomic E-state index is 3.54. The monoisotopic (exact) mass is 229 g/mol. The first kappa shape index (κ1) is 12.5. The molecule has 1 aliphatic rings. The van der Waals surface area contributed by atoms with E-state index in [1.807, 2.05) is 0 Å². The lowest BCUT2D eigenvalue weighted by atomic mass is 9.58. The molecule has 0 spiro atoms. The Labute approximate surface area is 105 Å². The van der Waals surface area contributed by atoms with Crippen molar-refractivity contribution < 1.29 is 0 Å². The van der Waals surface area contributed by atoms with E-state index in [1.54, 1.807) is 0 Å². The molecule has 0 aliphatic carbocycles. The van der Waals surface area contributed by atoms with E-state index in [2.05, 4.69) is 72.6 Å². The van der Waals surface area contributed by atoms with E-state index in [1.165, 1.54) is 5.69 Å². The van der Waals surface area contributed by atoms with Gasteiger partial charge < -0.3 is 14.8 Å². The maximum atomic E-state index is 3.54. The van der Waals surface area contributed by atoms with E-state index in [0.717, 1.165) is 6.67 Å². The van der Waals surface area contributed by atoms with E-state index in [0.29, 0.717) is 20.0 Å². The summed E-state index contributed by atoms with van der Waals surface area (Å²) in [7, 11) is 0. The Hall–Kier alpha value is -0.930. The highest BCUT2D eigenvalue weighted by molar-refractivity contribution is 6.73. The lowest BCUT2D eigenvalue weighted by Crippen LogP contribution is -2.70. The van der Waals surface area contributed by atoms with Crippen LogP contribution in [-0.4, -0.2) is 31.4 Å². The largest absolute Gasteiger partial charge is 0.390 e. The zero-order valence-electron chi connectivity index (χ0n) is 11.2. The average Bonchev–Trinajstić information content (AvgIpc) is 2.30. The van der Waals surface area contributed by atoms with Gasteiger partial charge in [-0.05, 0) is 18.2 Å². The highest BCUT2D eigenvalue weighted by Gasteiger charge is 2.37. The second-order valence-corrected chi connectivity index (χ2v) is 5.02. The van der Waals surface area contributed by atoms with Gasteiger partial charge in [-0.3, -0.25) is 0 Å². The number of benzene rings is 1. The molecular formula is C12H21B2N3. The maximum Gasteiger partial charge on any atom is 0.330 e. The fourth-order valence-electron chi connectivity index (χ4n) is 2.76. The van der Waals surface area contributed by atoms with E-state index >= 15 is 0 Å². The Kier molecular flexibility index (Phi) is 3.79. The topological polar surface area (TPSA) is 18.5 Å². The summed E-state index contributed by atoms with van der Waals surface area (Å²) >= 11 is 0. The highest BCUT2D eigenvalue weighted by atomic mass is 15.3. The van der Waals surface area contributed by atoms with Gasteiger partial charge in [-0.2, -0.15) is 0 Å². The van der Waals surface area contributed by atoms with Crippen LogP contribution in [0.25, 0.3) is 0 Å². The lowest BCUT2D eigenvalue weighted by molar-refractivity contribution is 0.497. The van der Waals surface area contributed by atoms with Crippen molar-refractivity contribution in [1.29, 1.82) is 0 Å². The second-order valence-electron chi connectivity index (χ2n) is 5.02.